The minimum atomic E-state index is -0.572. The van der Waals surface area contributed by atoms with Crippen molar-refractivity contribution >= 4 is 60.8 Å². The molecule has 0 bridgehead atoms. The van der Waals surface area contributed by atoms with E-state index in [1.807, 2.05) is 25.1 Å². The largest absolute Gasteiger partial charge is 0.324 e. The molecule has 0 saturated carbocycles. The summed E-state index contributed by atoms with van der Waals surface area (Å²) in [6, 6.07) is 14.0. The molecule has 2 heterocycles. The number of non-ortho nitro benzene ring substituents is 1. The molecular weight excluding hydrogens is 454 g/mol. The van der Waals surface area contributed by atoms with Gasteiger partial charge in [0, 0.05) is 18.2 Å². The lowest BCUT2D eigenvalue weighted by molar-refractivity contribution is -0.384. The fraction of sp³-hybridized carbons (Fsp3) is 0.0500. The highest BCUT2D eigenvalue weighted by Gasteiger charge is 2.24. The molecule has 0 unspecified atom stereocenters. The number of nitrogens with zero attached hydrogens (tertiary/aromatic N) is 5. The Morgan fingerprint density at radius 3 is 2.44 bits per heavy atom. The molecule has 0 saturated heterocycles. The van der Waals surface area contributed by atoms with Crippen LogP contribution < -0.4 is 5.01 Å². The number of thiophene rings is 1. The van der Waals surface area contributed by atoms with Gasteiger partial charge in [0.2, 0.25) is 5.13 Å². The van der Waals surface area contributed by atoms with E-state index < -0.39 is 15.8 Å². The Labute approximate surface area is 188 Å². The summed E-state index contributed by atoms with van der Waals surface area (Å²) in [5.74, 6) is -0.572. The smallest absolute Gasteiger partial charge is 0.266 e. The van der Waals surface area contributed by atoms with Gasteiger partial charge in [-0.2, -0.15) is 10.1 Å². The molecule has 32 heavy (non-hydrogen) atoms. The van der Waals surface area contributed by atoms with Gasteiger partial charge < -0.3 is 0 Å². The van der Waals surface area contributed by atoms with Gasteiger partial charge >= 0.3 is 5.00 Å². The lowest BCUT2D eigenvalue weighted by Crippen LogP contribution is -2.24. The Morgan fingerprint density at radius 2 is 1.78 bits per heavy atom. The van der Waals surface area contributed by atoms with Gasteiger partial charge in [0.15, 0.2) is 0 Å². The SMILES string of the molecule is Cc1ccc2nc(N(/N=C/c3ccc([N+](=O)[O-])cc3)C(=O)c3ccc([N+](=O)[O-])s3)sc2c1. The van der Waals surface area contributed by atoms with Gasteiger partial charge in [0.25, 0.3) is 11.6 Å². The topological polar surface area (TPSA) is 132 Å². The lowest BCUT2D eigenvalue weighted by atomic mass is 10.2. The van der Waals surface area contributed by atoms with E-state index in [4.69, 9.17) is 0 Å². The number of carbonyl (C=O) groups is 1. The number of thiazole rings is 1. The van der Waals surface area contributed by atoms with Gasteiger partial charge in [-0.05, 0) is 48.4 Å². The first-order valence-electron chi connectivity index (χ1n) is 9.06. The molecule has 2 aromatic carbocycles. The maximum absolute atomic E-state index is 13.2. The summed E-state index contributed by atoms with van der Waals surface area (Å²) in [4.78, 5) is 38.6. The molecule has 1 amide bonds. The molecule has 0 aliphatic heterocycles. The number of nitro benzene ring substituents is 1. The molecule has 10 nitrogen and oxygen atoms in total. The third-order valence-corrected chi connectivity index (χ3v) is 6.33. The van der Waals surface area contributed by atoms with Gasteiger partial charge in [0.1, 0.15) is 4.88 Å². The van der Waals surface area contributed by atoms with E-state index in [0.29, 0.717) is 16.2 Å². The molecule has 12 heteroatoms. The first kappa shape index (κ1) is 21.2. The van der Waals surface area contributed by atoms with Crippen molar-refractivity contribution in [1.29, 1.82) is 0 Å². The zero-order chi connectivity index (χ0) is 22.8. The van der Waals surface area contributed by atoms with Crippen molar-refractivity contribution in [3.8, 4) is 0 Å². The molecule has 2 aromatic heterocycles. The van der Waals surface area contributed by atoms with E-state index in [9.17, 15) is 25.0 Å². The molecule has 4 rings (SSSR count). The van der Waals surface area contributed by atoms with Crippen LogP contribution in [0, 0.1) is 27.2 Å². The predicted molar refractivity (Wildman–Crippen MR) is 123 cm³/mol. The Hall–Kier alpha value is -4.03. The van der Waals surface area contributed by atoms with E-state index in [2.05, 4.69) is 10.1 Å². The van der Waals surface area contributed by atoms with Gasteiger partial charge in [-0.25, -0.2) is 4.98 Å². The molecular formula is C20H13N5O5S2. The summed E-state index contributed by atoms with van der Waals surface area (Å²) >= 11 is 2.00. The minimum Gasteiger partial charge on any atom is -0.266 e. The zero-order valence-electron chi connectivity index (χ0n) is 16.4. The molecule has 0 fully saturated rings. The third kappa shape index (κ3) is 4.36. The highest BCUT2D eigenvalue weighted by atomic mass is 32.1. The standard InChI is InChI=1S/C20H13N5O5S2/c1-12-2-7-15-17(10-12)32-20(22-15)23(19(26)16-8-9-18(31-16)25(29)30)21-11-13-3-5-14(6-4-13)24(27)28/h2-11H,1H3/b21-11+. The number of carbonyl (C=O) groups excluding carboxylic acids is 1. The van der Waals surface area contributed by atoms with E-state index in [0.717, 1.165) is 26.6 Å². The van der Waals surface area contributed by atoms with Crippen LogP contribution in [0.15, 0.2) is 59.7 Å². The van der Waals surface area contributed by atoms with Gasteiger partial charge in [0.05, 0.1) is 26.3 Å². The molecule has 0 spiro atoms. The van der Waals surface area contributed by atoms with Crippen molar-refractivity contribution in [1.82, 2.24) is 4.98 Å². The van der Waals surface area contributed by atoms with Crippen LogP contribution in [0.5, 0.6) is 0 Å². The second-order valence-corrected chi connectivity index (χ2v) is 8.64. The first-order chi connectivity index (χ1) is 15.3. The first-order valence-corrected chi connectivity index (χ1v) is 10.7. The summed E-state index contributed by atoms with van der Waals surface area (Å²) in [5, 5.41) is 27.3. The Balaban J connectivity index is 1.73. The lowest BCUT2D eigenvalue weighted by Gasteiger charge is -2.12. The molecule has 0 atom stereocenters. The molecule has 4 aromatic rings. The number of hydrogen-bond acceptors (Lipinski definition) is 9. The quantitative estimate of drug-likeness (QED) is 0.218. The Kier molecular flexibility index (Phi) is 5.71. The van der Waals surface area contributed by atoms with Crippen LogP contribution >= 0.6 is 22.7 Å². The molecule has 160 valence electrons. The van der Waals surface area contributed by atoms with Gasteiger partial charge in [-0.1, -0.05) is 28.7 Å². The number of rotatable bonds is 6. The van der Waals surface area contributed by atoms with Crippen molar-refractivity contribution in [3.05, 3.63) is 90.8 Å². The van der Waals surface area contributed by atoms with E-state index in [1.165, 1.54) is 53.9 Å². The van der Waals surface area contributed by atoms with Crippen LogP contribution in [0.25, 0.3) is 10.2 Å². The number of fused-ring (bicyclic) bond motifs is 1. The van der Waals surface area contributed by atoms with Crippen molar-refractivity contribution in [2.45, 2.75) is 6.92 Å². The van der Waals surface area contributed by atoms with Crippen LogP contribution in [0.1, 0.15) is 20.8 Å². The van der Waals surface area contributed by atoms with Gasteiger partial charge in [-0.3, -0.25) is 25.0 Å². The second-order valence-electron chi connectivity index (χ2n) is 6.57. The monoisotopic (exact) mass is 467 g/mol. The van der Waals surface area contributed by atoms with Crippen molar-refractivity contribution in [3.63, 3.8) is 0 Å². The number of hydrogen-bond donors (Lipinski definition) is 0. The number of anilines is 1. The zero-order valence-corrected chi connectivity index (χ0v) is 18.0. The summed E-state index contributed by atoms with van der Waals surface area (Å²) in [6.07, 6.45) is 1.38. The van der Waals surface area contributed by atoms with Crippen molar-refractivity contribution < 1.29 is 14.6 Å². The molecule has 0 aliphatic carbocycles. The Bertz CT molecular complexity index is 1380. The predicted octanol–water partition coefficient (Wildman–Crippen LogP) is 5.16. The van der Waals surface area contributed by atoms with Crippen LogP contribution in [-0.4, -0.2) is 27.0 Å². The van der Waals surface area contributed by atoms with Crippen LogP contribution in [0.3, 0.4) is 0 Å². The number of benzene rings is 2. The summed E-state index contributed by atoms with van der Waals surface area (Å²) in [6.45, 7) is 1.94. The molecule has 0 radical (unpaired) electrons. The van der Waals surface area contributed by atoms with Crippen LogP contribution in [0.2, 0.25) is 0 Å². The fourth-order valence-corrected chi connectivity index (χ4v) is 4.52. The highest BCUT2D eigenvalue weighted by molar-refractivity contribution is 7.22. The third-order valence-electron chi connectivity index (χ3n) is 4.31. The highest BCUT2D eigenvalue weighted by Crippen LogP contribution is 2.32. The van der Waals surface area contributed by atoms with E-state index >= 15 is 0 Å². The maximum atomic E-state index is 13.2. The maximum Gasteiger partial charge on any atom is 0.324 e. The second kappa shape index (κ2) is 8.61. The average molecular weight is 467 g/mol. The number of aryl methyl sites for hydroxylation is 1. The van der Waals surface area contributed by atoms with E-state index in [-0.39, 0.29) is 15.6 Å². The number of nitro groups is 2. The molecule has 0 aliphatic rings. The van der Waals surface area contributed by atoms with Crippen LogP contribution in [0.4, 0.5) is 15.8 Å². The average Bonchev–Trinajstić information content (AvgIpc) is 3.41. The van der Waals surface area contributed by atoms with Crippen molar-refractivity contribution in [2.24, 2.45) is 5.10 Å². The number of aromatic nitrogens is 1. The van der Waals surface area contributed by atoms with E-state index in [1.54, 1.807) is 0 Å². The summed E-state index contributed by atoms with van der Waals surface area (Å²) in [5.41, 5.74) is 2.19. The van der Waals surface area contributed by atoms with Crippen LogP contribution in [-0.2, 0) is 0 Å². The number of amides is 1. The summed E-state index contributed by atoms with van der Waals surface area (Å²) < 4.78 is 0.862. The molecule has 0 N–H and O–H groups in total. The van der Waals surface area contributed by atoms with Gasteiger partial charge in [-0.15, -0.1) is 0 Å². The normalized spacial score (nSPS) is 11.2. The minimum absolute atomic E-state index is 0.0671. The summed E-state index contributed by atoms with van der Waals surface area (Å²) in [7, 11) is 0. The number of hydrazone groups is 1. The fourth-order valence-electron chi connectivity index (χ4n) is 2.75. The Morgan fingerprint density at radius 1 is 1.03 bits per heavy atom. The van der Waals surface area contributed by atoms with Crippen molar-refractivity contribution in [2.75, 3.05) is 5.01 Å².